The molecule has 0 N–H and O–H groups in total. The Bertz CT molecular complexity index is 1460. The Kier molecular flexibility index (Phi) is 5.08. The molecule has 33 heavy (non-hydrogen) atoms. The molecule has 0 saturated heterocycles. The van der Waals surface area contributed by atoms with E-state index in [1.165, 1.54) is 9.13 Å². The summed E-state index contributed by atoms with van der Waals surface area (Å²) >= 11 is 0. The molecule has 170 valence electrons. The van der Waals surface area contributed by atoms with Crippen LogP contribution in [-0.4, -0.2) is 32.3 Å². The number of nitrogens with zero attached hydrogens (tertiary/aromatic N) is 5. The van der Waals surface area contributed by atoms with Crippen LogP contribution in [0.5, 0.6) is 5.75 Å². The Morgan fingerprint density at radius 3 is 2.58 bits per heavy atom. The standard InChI is InChI=1S/C25H27N5O3/c1-16-8-10-18(11-9-16)15-30-23(31)21-22(27(3)25(30)32)26-24-28(13-17(2)14-29(21)24)19-6-5-7-20(12-19)33-4/h5-12,17H,13-15H2,1-4H3/t17-/m0/s1. The monoisotopic (exact) mass is 445 g/mol. The number of hydrogen-bond donors (Lipinski definition) is 0. The second kappa shape index (κ2) is 7.95. The molecule has 0 aliphatic carbocycles. The molecule has 5 rings (SSSR count). The van der Waals surface area contributed by atoms with Crippen LogP contribution >= 0.6 is 0 Å². The maximum absolute atomic E-state index is 13.6. The van der Waals surface area contributed by atoms with Crippen molar-refractivity contribution in [1.29, 1.82) is 0 Å². The molecule has 2 aromatic heterocycles. The van der Waals surface area contributed by atoms with Gasteiger partial charge in [-0.25, -0.2) is 4.79 Å². The lowest BCUT2D eigenvalue weighted by molar-refractivity contribution is 0.414. The number of aryl methyl sites for hydroxylation is 2. The molecule has 0 spiro atoms. The lowest BCUT2D eigenvalue weighted by Gasteiger charge is -2.33. The van der Waals surface area contributed by atoms with E-state index in [-0.39, 0.29) is 23.7 Å². The number of imidazole rings is 1. The van der Waals surface area contributed by atoms with Crippen molar-refractivity contribution in [1.82, 2.24) is 18.7 Å². The smallest absolute Gasteiger partial charge is 0.332 e. The fourth-order valence-corrected chi connectivity index (χ4v) is 4.52. The molecule has 2 aromatic carbocycles. The summed E-state index contributed by atoms with van der Waals surface area (Å²) in [6.45, 7) is 5.78. The van der Waals surface area contributed by atoms with Gasteiger partial charge in [0.05, 0.1) is 13.7 Å². The minimum Gasteiger partial charge on any atom is -0.497 e. The van der Waals surface area contributed by atoms with Crippen LogP contribution in [0.1, 0.15) is 18.1 Å². The van der Waals surface area contributed by atoms with Gasteiger partial charge in [0.1, 0.15) is 5.75 Å². The van der Waals surface area contributed by atoms with Crippen molar-refractivity contribution in [2.45, 2.75) is 26.9 Å². The van der Waals surface area contributed by atoms with Gasteiger partial charge in [-0.3, -0.25) is 13.9 Å². The van der Waals surface area contributed by atoms with E-state index < -0.39 is 0 Å². The predicted molar refractivity (Wildman–Crippen MR) is 129 cm³/mol. The van der Waals surface area contributed by atoms with Crippen molar-refractivity contribution in [3.05, 3.63) is 80.5 Å². The molecule has 0 saturated carbocycles. The van der Waals surface area contributed by atoms with E-state index >= 15 is 0 Å². The molecular weight excluding hydrogens is 418 g/mol. The summed E-state index contributed by atoms with van der Waals surface area (Å²) in [5.41, 5.74) is 3.15. The maximum atomic E-state index is 13.6. The molecule has 8 nitrogen and oxygen atoms in total. The second-order valence-corrected chi connectivity index (χ2v) is 8.83. The van der Waals surface area contributed by atoms with Crippen LogP contribution in [0.2, 0.25) is 0 Å². The fraction of sp³-hybridized carbons (Fsp3) is 0.320. The van der Waals surface area contributed by atoms with E-state index in [9.17, 15) is 9.59 Å². The second-order valence-electron chi connectivity index (χ2n) is 8.83. The summed E-state index contributed by atoms with van der Waals surface area (Å²) in [5.74, 6) is 1.70. The lowest BCUT2D eigenvalue weighted by Crippen LogP contribution is -2.40. The lowest BCUT2D eigenvalue weighted by atomic mass is 10.1. The molecule has 8 heteroatoms. The zero-order chi connectivity index (χ0) is 23.3. The van der Waals surface area contributed by atoms with Crippen molar-refractivity contribution in [2.75, 3.05) is 18.6 Å². The van der Waals surface area contributed by atoms with Crippen molar-refractivity contribution in [3.63, 3.8) is 0 Å². The third-order valence-corrected chi connectivity index (χ3v) is 6.27. The highest BCUT2D eigenvalue weighted by Gasteiger charge is 2.30. The predicted octanol–water partition coefficient (Wildman–Crippen LogP) is 3.05. The van der Waals surface area contributed by atoms with Gasteiger partial charge in [0.25, 0.3) is 5.56 Å². The van der Waals surface area contributed by atoms with Crippen molar-refractivity contribution >= 4 is 22.8 Å². The Morgan fingerprint density at radius 2 is 1.85 bits per heavy atom. The molecule has 1 aliphatic rings. The molecule has 0 unspecified atom stereocenters. The molecule has 1 atom stereocenters. The van der Waals surface area contributed by atoms with Gasteiger partial charge in [-0.05, 0) is 30.5 Å². The maximum Gasteiger partial charge on any atom is 0.332 e. The van der Waals surface area contributed by atoms with Crippen molar-refractivity contribution in [3.8, 4) is 5.75 Å². The van der Waals surface area contributed by atoms with E-state index in [2.05, 4.69) is 11.8 Å². The Hall–Kier alpha value is -3.81. The topological polar surface area (TPSA) is 74.3 Å². The third kappa shape index (κ3) is 3.51. The number of methoxy groups -OCH3 is 1. The van der Waals surface area contributed by atoms with Gasteiger partial charge in [0, 0.05) is 31.9 Å². The Labute approximate surface area is 191 Å². The van der Waals surface area contributed by atoms with Crippen LogP contribution in [0.3, 0.4) is 0 Å². The first-order valence-electron chi connectivity index (χ1n) is 11.0. The highest BCUT2D eigenvalue weighted by Crippen LogP contribution is 2.34. The largest absolute Gasteiger partial charge is 0.497 e. The molecule has 1 aliphatic heterocycles. The van der Waals surface area contributed by atoms with E-state index in [0.29, 0.717) is 23.7 Å². The summed E-state index contributed by atoms with van der Waals surface area (Å²) in [6, 6.07) is 15.6. The average Bonchev–Trinajstić information content (AvgIpc) is 3.20. The summed E-state index contributed by atoms with van der Waals surface area (Å²) in [4.78, 5) is 33.6. The Morgan fingerprint density at radius 1 is 1.09 bits per heavy atom. The molecule has 0 fully saturated rings. The highest BCUT2D eigenvalue weighted by molar-refractivity contribution is 5.77. The van der Waals surface area contributed by atoms with Crippen molar-refractivity contribution in [2.24, 2.45) is 13.0 Å². The Balaban J connectivity index is 1.70. The first-order valence-corrected chi connectivity index (χ1v) is 11.0. The number of fused-ring (bicyclic) bond motifs is 3. The van der Waals surface area contributed by atoms with Crippen LogP contribution in [0.4, 0.5) is 11.6 Å². The minimum atomic E-state index is -0.371. The first kappa shape index (κ1) is 21.1. The first-order chi connectivity index (χ1) is 15.9. The van der Waals surface area contributed by atoms with Gasteiger partial charge in [-0.2, -0.15) is 4.98 Å². The minimum absolute atomic E-state index is 0.220. The normalized spacial score (nSPS) is 15.6. The van der Waals surface area contributed by atoms with E-state index in [0.717, 1.165) is 29.1 Å². The van der Waals surface area contributed by atoms with Crippen LogP contribution in [0.15, 0.2) is 58.1 Å². The highest BCUT2D eigenvalue weighted by atomic mass is 16.5. The molecular formula is C25H27N5O3. The number of aromatic nitrogens is 4. The van der Waals surface area contributed by atoms with E-state index in [1.54, 1.807) is 14.2 Å². The SMILES string of the molecule is COc1cccc(N2C[C@H](C)Cn3c2nc2c3c(=O)n(Cc3ccc(C)cc3)c(=O)n2C)c1. The van der Waals surface area contributed by atoms with Crippen molar-refractivity contribution < 1.29 is 4.74 Å². The van der Waals surface area contributed by atoms with Crippen LogP contribution in [-0.2, 0) is 20.1 Å². The summed E-state index contributed by atoms with van der Waals surface area (Å²) in [6.07, 6.45) is 0. The summed E-state index contributed by atoms with van der Waals surface area (Å²) in [5, 5.41) is 0. The number of anilines is 2. The van der Waals surface area contributed by atoms with Crippen LogP contribution < -0.4 is 20.9 Å². The van der Waals surface area contributed by atoms with Crippen LogP contribution in [0.25, 0.3) is 11.2 Å². The van der Waals surface area contributed by atoms with Gasteiger partial charge < -0.3 is 14.2 Å². The van der Waals surface area contributed by atoms with Crippen LogP contribution in [0, 0.1) is 12.8 Å². The number of benzene rings is 2. The number of ether oxygens (including phenoxy) is 1. The summed E-state index contributed by atoms with van der Waals surface area (Å²) < 4.78 is 10.1. The number of hydrogen-bond acceptors (Lipinski definition) is 5. The van der Waals surface area contributed by atoms with Gasteiger partial charge in [-0.15, -0.1) is 0 Å². The van der Waals surface area contributed by atoms with E-state index in [1.807, 2.05) is 60.0 Å². The number of rotatable bonds is 4. The third-order valence-electron chi connectivity index (χ3n) is 6.27. The molecule has 4 aromatic rings. The molecule has 0 bridgehead atoms. The fourth-order valence-electron chi connectivity index (χ4n) is 4.52. The zero-order valence-electron chi connectivity index (χ0n) is 19.3. The average molecular weight is 446 g/mol. The molecule has 0 radical (unpaired) electrons. The van der Waals surface area contributed by atoms with Gasteiger partial charge in [0.15, 0.2) is 11.2 Å². The summed E-state index contributed by atoms with van der Waals surface area (Å²) in [7, 11) is 3.31. The molecule has 3 heterocycles. The quantitative estimate of drug-likeness (QED) is 0.483. The van der Waals surface area contributed by atoms with Gasteiger partial charge >= 0.3 is 5.69 Å². The van der Waals surface area contributed by atoms with Gasteiger partial charge in [-0.1, -0.05) is 42.8 Å². The van der Waals surface area contributed by atoms with E-state index in [4.69, 9.17) is 9.72 Å². The molecule has 0 amide bonds. The van der Waals surface area contributed by atoms with Gasteiger partial charge in [0.2, 0.25) is 5.95 Å². The zero-order valence-corrected chi connectivity index (χ0v) is 19.3.